The SMILES string of the molecule is NC(=O)c1ccc(Cn2c(=O)n(C[C@@H](O)CO)c(=O)c3c2nc(-c2ccccc2Cl)n3-c2ccc(Cl)cc2)cc1. The summed E-state index contributed by atoms with van der Waals surface area (Å²) < 4.78 is 3.75. The molecule has 1 atom stereocenters. The van der Waals surface area contributed by atoms with E-state index in [0.29, 0.717) is 38.2 Å². The molecule has 5 rings (SSSR count). The highest BCUT2D eigenvalue weighted by Crippen LogP contribution is 2.32. The number of hydrogen-bond acceptors (Lipinski definition) is 6. The van der Waals surface area contributed by atoms with Crippen molar-refractivity contribution in [2.24, 2.45) is 5.73 Å². The van der Waals surface area contributed by atoms with E-state index in [1.807, 2.05) is 0 Å². The zero-order chi connectivity index (χ0) is 28.6. The molecule has 12 heteroatoms. The Morgan fingerprint density at radius 3 is 2.25 bits per heavy atom. The number of aliphatic hydroxyl groups excluding tert-OH is 2. The number of amides is 1. The normalized spacial score (nSPS) is 12.1. The Morgan fingerprint density at radius 2 is 1.62 bits per heavy atom. The van der Waals surface area contributed by atoms with Gasteiger partial charge in [0, 0.05) is 21.8 Å². The van der Waals surface area contributed by atoms with Crippen molar-refractivity contribution in [2.45, 2.75) is 19.2 Å². The van der Waals surface area contributed by atoms with E-state index in [1.165, 1.54) is 16.7 Å². The molecule has 4 N–H and O–H groups in total. The van der Waals surface area contributed by atoms with Gasteiger partial charge in [0.25, 0.3) is 5.56 Å². The number of aromatic nitrogens is 4. The van der Waals surface area contributed by atoms with E-state index >= 15 is 0 Å². The first-order valence-electron chi connectivity index (χ1n) is 12.1. The standard InChI is InChI=1S/C28H23Cl2N5O5/c29-18-9-11-19(12-10-18)35-23-26(32-25(35)21-3-1-2-4-22(21)30)33(13-16-5-7-17(8-6-16)24(31)38)28(40)34(27(23)39)14-20(37)15-36/h1-12,20,36-37H,13-15H2,(H2,31,38)/t20-/m1/s1. The molecule has 0 radical (unpaired) electrons. The van der Waals surface area contributed by atoms with Crippen molar-refractivity contribution in [3.63, 3.8) is 0 Å². The predicted molar refractivity (Wildman–Crippen MR) is 152 cm³/mol. The lowest BCUT2D eigenvalue weighted by Crippen LogP contribution is -2.43. The third-order valence-electron chi connectivity index (χ3n) is 6.41. The van der Waals surface area contributed by atoms with Gasteiger partial charge in [0.2, 0.25) is 5.91 Å². The molecule has 2 heterocycles. The Labute approximate surface area is 237 Å². The number of primary amides is 1. The Bertz CT molecular complexity index is 1840. The molecule has 40 heavy (non-hydrogen) atoms. The van der Waals surface area contributed by atoms with Crippen molar-refractivity contribution in [3.8, 4) is 17.1 Å². The lowest BCUT2D eigenvalue weighted by atomic mass is 10.1. The topological polar surface area (TPSA) is 145 Å². The summed E-state index contributed by atoms with van der Waals surface area (Å²) in [4.78, 5) is 43.9. The van der Waals surface area contributed by atoms with Crippen LogP contribution in [0.3, 0.4) is 0 Å². The van der Waals surface area contributed by atoms with Gasteiger partial charge < -0.3 is 15.9 Å². The molecular weight excluding hydrogens is 557 g/mol. The third kappa shape index (κ3) is 5.05. The second-order valence-electron chi connectivity index (χ2n) is 9.08. The number of fused-ring (bicyclic) bond motifs is 1. The molecule has 5 aromatic rings. The van der Waals surface area contributed by atoms with E-state index in [9.17, 15) is 24.6 Å². The second-order valence-corrected chi connectivity index (χ2v) is 9.92. The lowest BCUT2D eigenvalue weighted by molar-refractivity contribution is 0.0791. The largest absolute Gasteiger partial charge is 0.394 e. The van der Waals surface area contributed by atoms with Crippen LogP contribution in [0.5, 0.6) is 0 Å². The van der Waals surface area contributed by atoms with Gasteiger partial charge in [-0.25, -0.2) is 9.78 Å². The first kappa shape index (κ1) is 27.4. The second kappa shape index (κ2) is 11.1. The fourth-order valence-electron chi connectivity index (χ4n) is 4.43. The van der Waals surface area contributed by atoms with Gasteiger partial charge in [0.1, 0.15) is 5.82 Å². The fraction of sp³-hybridized carbons (Fsp3) is 0.143. The molecule has 0 bridgehead atoms. The van der Waals surface area contributed by atoms with Gasteiger partial charge in [-0.2, -0.15) is 0 Å². The van der Waals surface area contributed by atoms with Gasteiger partial charge in [-0.1, -0.05) is 47.5 Å². The van der Waals surface area contributed by atoms with E-state index in [1.54, 1.807) is 65.2 Å². The number of nitrogens with two attached hydrogens (primary N) is 1. The van der Waals surface area contributed by atoms with Crippen LogP contribution in [0.4, 0.5) is 0 Å². The molecule has 0 saturated heterocycles. The van der Waals surface area contributed by atoms with Crippen LogP contribution < -0.4 is 17.0 Å². The van der Waals surface area contributed by atoms with Crippen LogP contribution in [-0.4, -0.2) is 47.5 Å². The number of nitrogens with zero attached hydrogens (tertiary/aromatic N) is 4. The zero-order valence-electron chi connectivity index (χ0n) is 20.9. The number of carbonyl (C=O) groups is 1. The molecule has 0 aliphatic rings. The Kier molecular flexibility index (Phi) is 7.59. The Hall–Kier alpha value is -4.22. The summed E-state index contributed by atoms with van der Waals surface area (Å²) in [6.07, 6.45) is -1.36. The van der Waals surface area contributed by atoms with E-state index in [2.05, 4.69) is 0 Å². The van der Waals surface area contributed by atoms with Crippen LogP contribution in [0.1, 0.15) is 15.9 Å². The van der Waals surface area contributed by atoms with Gasteiger partial charge in [-0.3, -0.25) is 23.3 Å². The summed E-state index contributed by atoms with van der Waals surface area (Å²) in [5.41, 5.74) is 6.00. The highest BCUT2D eigenvalue weighted by atomic mass is 35.5. The molecule has 0 saturated carbocycles. The van der Waals surface area contributed by atoms with Crippen LogP contribution in [0.25, 0.3) is 28.2 Å². The molecule has 0 aliphatic heterocycles. The summed E-state index contributed by atoms with van der Waals surface area (Å²) in [5.74, 6) is -0.290. The van der Waals surface area contributed by atoms with Crippen LogP contribution in [0, 0.1) is 0 Å². The zero-order valence-corrected chi connectivity index (χ0v) is 22.4. The molecule has 3 aromatic carbocycles. The quantitative estimate of drug-likeness (QED) is 0.258. The summed E-state index contributed by atoms with van der Waals surface area (Å²) in [7, 11) is 0. The first-order chi connectivity index (χ1) is 19.2. The van der Waals surface area contributed by atoms with Crippen molar-refractivity contribution in [1.82, 2.24) is 18.7 Å². The summed E-state index contributed by atoms with van der Waals surface area (Å²) in [6.45, 7) is -1.12. The molecule has 0 spiro atoms. The van der Waals surface area contributed by atoms with Gasteiger partial charge in [-0.05, 0) is 54.1 Å². The molecule has 10 nitrogen and oxygen atoms in total. The van der Waals surface area contributed by atoms with E-state index in [-0.39, 0.29) is 17.7 Å². The number of rotatable bonds is 8. The average molecular weight is 580 g/mol. The van der Waals surface area contributed by atoms with Crippen molar-refractivity contribution in [3.05, 3.63) is 115 Å². The number of halogens is 2. The molecule has 2 aromatic heterocycles. The van der Waals surface area contributed by atoms with Crippen molar-refractivity contribution in [2.75, 3.05) is 6.61 Å². The minimum atomic E-state index is -1.36. The monoisotopic (exact) mass is 579 g/mol. The van der Waals surface area contributed by atoms with Crippen LogP contribution >= 0.6 is 23.2 Å². The maximum absolute atomic E-state index is 13.9. The number of aliphatic hydroxyl groups is 2. The smallest absolute Gasteiger partial charge is 0.333 e. The highest BCUT2D eigenvalue weighted by Gasteiger charge is 2.25. The van der Waals surface area contributed by atoms with Crippen LogP contribution in [0.15, 0.2) is 82.4 Å². The average Bonchev–Trinajstić information content (AvgIpc) is 3.34. The van der Waals surface area contributed by atoms with Crippen molar-refractivity contribution in [1.29, 1.82) is 0 Å². The van der Waals surface area contributed by atoms with Crippen molar-refractivity contribution < 1.29 is 15.0 Å². The molecule has 0 fully saturated rings. The molecule has 204 valence electrons. The lowest BCUT2D eigenvalue weighted by Gasteiger charge is -2.15. The van der Waals surface area contributed by atoms with Gasteiger partial charge in [0.15, 0.2) is 11.2 Å². The van der Waals surface area contributed by atoms with Gasteiger partial charge in [-0.15, -0.1) is 0 Å². The maximum Gasteiger partial charge on any atom is 0.333 e. The minimum absolute atomic E-state index is 0.0243. The minimum Gasteiger partial charge on any atom is -0.394 e. The number of hydrogen-bond donors (Lipinski definition) is 3. The fourth-order valence-corrected chi connectivity index (χ4v) is 4.78. The van der Waals surface area contributed by atoms with E-state index < -0.39 is 36.4 Å². The first-order valence-corrected chi connectivity index (χ1v) is 12.9. The van der Waals surface area contributed by atoms with Crippen LogP contribution in [0.2, 0.25) is 10.0 Å². The molecule has 0 unspecified atom stereocenters. The number of benzene rings is 3. The highest BCUT2D eigenvalue weighted by molar-refractivity contribution is 6.33. The van der Waals surface area contributed by atoms with Gasteiger partial charge in [0.05, 0.1) is 30.8 Å². The molecule has 1 amide bonds. The predicted octanol–water partition coefficient (Wildman–Crippen LogP) is 2.82. The summed E-state index contributed by atoms with van der Waals surface area (Å²) in [6, 6.07) is 20.0. The summed E-state index contributed by atoms with van der Waals surface area (Å²) >= 11 is 12.7. The maximum atomic E-state index is 13.9. The van der Waals surface area contributed by atoms with E-state index in [0.717, 1.165) is 4.57 Å². The molecule has 0 aliphatic carbocycles. The van der Waals surface area contributed by atoms with Crippen molar-refractivity contribution >= 4 is 40.3 Å². The third-order valence-corrected chi connectivity index (χ3v) is 6.99. The van der Waals surface area contributed by atoms with E-state index in [4.69, 9.17) is 33.9 Å². The molecular formula is C28H23Cl2N5O5. The van der Waals surface area contributed by atoms with Crippen LogP contribution in [-0.2, 0) is 13.1 Å². The summed E-state index contributed by atoms with van der Waals surface area (Å²) in [5, 5.41) is 20.5. The Balaban J connectivity index is 1.87. The Morgan fingerprint density at radius 1 is 0.950 bits per heavy atom. The number of carbonyl (C=O) groups excluding carboxylic acids is 1. The van der Waals surface area contributed by atoms with Gasteiger partial charge >= 0.3 is 5.69 Å². The number of imidazole rings is 1.